The third-order valence-corrected chi connectivity index (χ3v) is 1.40. The molecule has 0 aliphatic carbocycles. The van der Waals surface area contributed by atoms with E-state index in [0.29, 0.717) is 12.4 Å². The lowest BCUT2D eigenvalue weighted by molar-refractivity contribution is 0.674. The molecule has 46 valence electrons. The van der Waals surface area contributed by atoms with Gasteiger partial charge in [0.2, 0.25) is 0 Å². The topological polar surface area (TPSA) is 12.0 Å². The Morgan fingerprint density at radius 3 is 3.00 bits per heavy atom. The van der Waals surface area contributed by atoms with E-state index >= 15 is 0 Å². The Hall–Kier alpha value is -0.370. The van der Waals surface area contributed by atoms with Gasteiger partial charge in [-0.15, -0.1) is 0 Å². The summed E-state index contributed by atoms with van der Waals surface area (Å²) in [6, 6.07) is 0.306. The number of hydrogen-bond donors (Lipinski definition) is 1. The van der Waals surface area contributed by atoms with Crippen LogP contribution in [0, 0.1) is 0 Å². The van der Waals surface area contributed by atoms with Crippen LogP contribution in [-0.2, 0) is 0 Å². The fourth-order valence-electron chi connectivity index (χ4n) is 0.964. The zero-order valence-corrected chi connectivity index (χ0v) is 4.73. The first-order chi connectivity index (χ1) is 3.93. The molecule has 1 unspecified atom stereocenters. The van der Waals surface area contributed by atoms with Crippen LogP contribution in [0.25, 0.3) is 0 Å². The largest absolute Gasteiger partial charge is 0.310 e. The highest BCUT2D eigenvalue weighted by Crippen LogP contribution is 2.05. The Morgan fingerprint density at radius 2 is 2.50 bits per heavy atom. The Morgan fingerprint density at radius 1 is 1.62 bits per heavy atom. The van der Waals surface area contributed by atoms with Crippen molar-refractivity contribution in [1.29, 1.82) is 0 Å². The first-order valence-corrected chi connectivity index (χ1v) is 2.94. The van der Waals surface area contributed by atoms with Gasteiger partial charge in [0, 0.05) is 6.04 Å². The minimum Gasteiger partial charge on any atom is -0.310 e. The van der Waals surface area contributed by atoms with Gasteiger partial charge in [-0.25, -0.2) is 4.39 Å². The van der Waals surface area contributed by atoms with E-state index in [9.17, 15) is 4.39 Å². The molecule has 2 heteroatoms. The Bertz CT molecular complexity index is 84.5. The van der Waals surface area contributed by atoms with Gasteiger partial charge in [0.1, 0.15) is 0 Å². The minimum absolute atomic E-state index is 0.306. The molecular formula is C6H10FN. The highest BCUT2D eigenvalue weighted by atomic mass is 19.1. The zero-order chi connectivity index (χ0) is 5.82. The van der Waals surface area contributed by atoms with Crippen molar-refractivity contribution < 1.29 is 4.39 Å². The summed E-state index contributed by atoms with van der Waals surface area (Å²) in [6.45, 7) is 1.04. The van der Waals surface area contributed by atoms with Crippen molar-refractivity contribution in [3.8, 4) is 0 Å². The van der Waals surface area contributed by atoms with E-state index in [-0.39, 0.29) is 0 Å². The maximum absolute atomic E-state index is 11.4. The fourth-order valence-corrected chi connectivity index (χ4v) is 0.964. The van der Waals surface area contributed by atoms with Gasteiger partial charge in [0.25, 0.3) is 0 Å². The highest BCUT2D eigenvalue weighted by molar-refractivity contribution is 4.91. The molecule has 0 radical (unpaired) electrons. The molecule has 1 fully saturated rings. The zero-order valence-electron chi connectivity index (χ0n) is 4.73. The molecule has 8 heavy (non-hydrogen) atoms. The second-order valence-corrected chi connectivity index (χ2v) is 2.02. The summed E-state index contributed by atoms with van der Waals surface area (Å²) in [6.07, 6.45) is 4.44. The molecule has 1 aliphatic rings. The minimum atomic E-state index is 0.306. The van der Waals surface area contributed by atoms with Gasteiger partial charge < -0.3 is 5.32 Å². The lowest BCUT2D eigenvalue weighted by atomic mass is 10.2. The standard InChI is InChI=1S/C6H10FN/c7-4-3-6-2-1-5-8-6/h3-4,6,8H,1-2,5H2/b4-3-. The lowest BCUT2D eigenvalue weighted by Gasteiger charge is -1.98. The summed E-state index contributed by atoms with van der Waals surface area (Å²) >= 11 is 0. The van der Waals surface area contributed by atoms with E-state index in [2.05, 4.69) is 5.32 Å². The molecule has 0 aromatic rings. The smallest absolute Gasteiger partial charge is 0.0842 e. The molecule has 1 saturated heterocycles. The molecular weight excluding hydrogens is 105 g/mol. The summed E-state index contributed by atoms with van der Waals surface area (Å²) in [5.74, 6) is 0. The van der Waals surface area contributed by atoms with Crippen LogP contribution >= 0.6 is 0 Å². The van der Waals surface area contributed by atoms with Crippen LogP contribution < -0.4 is 5.32 Å². The van der Waals surface area contributed by atoms with E-state index in [4.69, 9.17) is 0 Å². The second-order valence-electron chi connectivity index (χ2n) is 2.02. The SMILES string of the molecule is F/C=C\C1CCCN1. The van der Waals surface area contributed by atoms with E-state index in [1.165, 1.54) is 6.42 Å². The molecule has 1 aliphatic heterocycles. The first kappa shape index (κ1) is 5.76. The average molecular weight is 115 g/mol. The summed E-state index contributed by atoms with van der Waals surface area (Å²) in [4.78, 5) is 0. The quantitative estimate of drug-likeness (QED) is 0.541. The molecule has 0 aromatic carbocycles. The van der Waals surface area contributed by atoms with Gasteiger partial charge in [0.05, 0.1) is 6.33 Å². The molecule has 0 spiro atoms. The molecule has 1 atom stereocenters. The lowest BCUT2D eigenvalue weighted by Crippen LogP contribution is -2.17. The third-order valence-electron chi connectivity index (χ3n) is 1.40. The molecule has 1 rings (SSSR count). The predicted octanol–water partition coefficient (Wildman–Crippen LogP) is 1.22. The van der Waals surface area contributed by atoms with Crippen molar-refractivity contribution in [3.63, 3.8) is 0 Å². The van der Waals surface area contributed by atoms with Crippen molar-refractivity contribution in [2.75, 3.05) is 6.54 Å². The number of nitrogens with one attached hydrogen (secondary N) is 1. The van der Waals surface area contributed by atoms with Crippen LogP contribution in [0.1, 0.15) is 12.8 Å². The predicted molar refractivity (Wildman–Crippen MR) is 31.3 cm³/mol. The van der Waals surface area contributed by atoms with Gasteiger partial charge in [-0.3, -0.25) is 0 Å². The van der Waals surface area contributed by atoms with Gasteiger partial charge in [0.15, 0.2) is 0 Å². The first-order valence-electron chi connectivity index (χ1n) is 2.94. The maximum Gasteiger partial charge on any atom is 0.0842 e. The van der Waals surface area contributed by atoms with Crippen LogP contribution in [0.2, 0.25) is 0 Å². The van der Waals surface area contributed by atoms with Crippen LogP contribution in [0.15, 0.2) is 12.4 Å². The molecule has 0 saturated carbocycles. The van der Waals surface area contributed by atoms with Crippen LogP contribution in [0.4, 0.5) is 4.39 Å². The molecule has 0 aromatic heterocycles. The van der Waals surface area contributed by atoms with Crippen molar-refractivity contribution in [1.82, 2.24) is 5.32 Å². The van der Waals surface area contributed by atoms with Crippen molar-refractivity contribution in [2.45, 2.75) is 18.9 Å². The summed E-state index contributed by atoms with van der Waals surface area (Å²) in [7, 11) is 0. The maximum atomic E-state index is 11.4. The third kappa shape index (κ3) is 1.30. The van der Waals surface area contributed by atoms with Crippen LogP contribution in [0.3, 0.4) is 0 Å². The van der Waals surface area contributed by atoms with E-state index < -0.39 is 0 Å². The molecule has 1 nitrogen and oxygen atoms in total. The Labute approximate surface area is 48.6 Å². The van der Waals surface area contributed by atoms with E-state index in [0.717, 1.165) is 13.0 Å². The summed E-state index contributed by atoms with van der Waals surface area (Å²) in [5, 5.41) is 3.13. The number of rotatable bonds is 1. The average Bonchev–Trinajstić information content (AvgIpc) is 2.19. The van der Waals surface area contributed by atoms with Crippen molar-refractivity contribution in [3.05, 3.63) is 12.4 Å². The number of hydrogen-bond acceptors (Lipinski definition) is 1. The van der Waals surface area contributed by atoms with Crippen molar-refractivity contribution in [2.24, 2.45) is 0 Å². The molecule has 1 heterocycles. The Kier molecular flexibility index (Phi) is 2.03. The van der Waals surface area contributed by atoms with Crippen molar-refractivity contribution >= 4 is 0 Å². The van der Waals surface area contributed by atoms with Crippen LogP contribution in [0.5, 0.6) is 0 Å². The molecule has 1 N–H and O–H groups in total. The van der Waals surface area contributed by atoms with Gasteiger partial charge in [-0.2, -0.15) is 0 Å². The van der Waals surface area contributed by atoms with Crippen LogP contribution in [-0.4, -0.2) is 12.6 Å². The van der Waals surface area contributed by atoms with Gasteiger partial charge >= 0.3 is 0 Å². The molecule has 0 bridgehead atoms. The monoisotopic (exact) mass is 115 g/mol. The fraction of sp³-hybridized carbons (Fsp3) is 0.667. The van der Waals surface area contributed by atoms with Gasteiger partial charge in [-0.05, 0) is 25.5 Å². The highest BCUT2D eigenvalue weighted by Gasteiger charge is 2.08. The normalized spacial score (nSPS) is 29.9. The summed E-state index contributed by atoms with van der Waals surface area (Å²) in [5.41, 5.74) is 0. The Balaban J connectivity index is 2.24. The van der Waals surface area contributed by atoms with E-state index in [1.807, 2.05) is 0 Å². The molecule has 0 amide bonds. The second kappa shape index (κ2) is 2.82. The number of halogens is 1. The van der Waals surface area contributed by atoms with E-state index in [1.54, 1.807) is 6.08 Å². The summed E-state index contributed by atoms with van der Waals surface area (Å²) < 4.78 is 11.4. The van der Waals surface area contributed by atoms with Gasteiger partial charge in [-0.1, -0.05) is 0 Å².